The Labute approximate surface area is 168 Å². The molecule has 3 aromatic heterocycles. The quantitative estimate of drug-likeness (QED) is 0.631. The van der Waals surface area contributed by atoms with E-state index >= 15 is 0 Å². The van der Waals surface area contributed by atoms with Crippen LogP contribution in [0.2, 0.25) is 4.34 Å². The number of amides is 1. The van der Waals surface area contributed by atoms with Crippen molar-refractivity contribution < 1.29 is 13.2 Å². The third-order valence-electron chi connectivity index (χ3n) is 3.70. The fourth-order valence-corrected chi connectivity index (χ4v) is 4.53. The summed E-state index contributed by atoms with van der Waals surface area (Å²) in [5, 5.41) is 6.74. The molecule has 7 nitrogen and oxygen atoms in total. The molecule has 0 bridgehead atoms. The summed E-state index contributed by atoms with van der Waals surface area (Å²) in [6, 6.07) is 3.32. The van der Waals surface area contributed by atoms with Crippen LogP contribution in [0.4, 0.5) is 5.13 Å². The highest BCUT2D eigenvalue weighted by Crippen LogP contribution is 2.24. The van der Waals surface area contributed by atoms with Crippen molar-refractivity contribution in [2.24, 2.45) is 0 Å². The molecule has 0 aromatic carbocycles. The van der Waals surface area contributed by atoms with Crippen LogP contribution in [0.5, 0.6) is 0 Å². The van der Waals surface area contributed by atoms with E-state index in [0.717, 1.165) is 29.2 Å². The van der Waals surface area contributed by atoms with Crippen molar-refractivity contribution in [1.82, 2.24) is 9.55 Å². The zero-order valence-electron chi connectivity index (χ0n) is 14.0. The lowest BCUT2D eigenvalue weighted by Gasteiger charge is -2.18. The molecular weight excluding hydrogens is 430 g/mol. The number of rotatable bonds is 6. The van der Waals surface area contributed by atoms with Crippen molar-refractivity contribution in [1.29, 1.82) is 0 Å². The van der Waals surface area contributed by atoms with Crippen LogP contribution in [0.25, 0.3) is 0 Å². The zero-order valence-corrected chi connectivity index (χ0v) is 17.2. The van der Waals surface area contributed by atoms with Crippen molar-refractivity contribution >= 4 is 55.2 Å². The molecule has 0 aliphatic heterocycles. The van der Waals surface area contributed by atoms with Crippen LogP contribution in [0.15, 0.2) is 51.0 Å². The number of thiazole rings is 1. The summed E-state index contributed by atoms with van der Waals surface area (Å²) in [6.45, 7) is 0. The highest BCUT2D eigenvalue weighted by molar-refractivity contribution is 7.90. The zero-order chi connectivity index (χ0) is 19.6. The molecular formula is C16H14ClN3O4S3. The number of aromatic nitrogens is 2. The van der Waals surface area contributed by atoms with Gasteiger partial charge < -0.3 is 9.88 Å². The first kappa shape index (κ1) is 19.7. The smallest absolute Gasteiger partial charge is 0.252 e. The first-order valence-electron chi connectivity index (χ1n) is 7.59. The van der Waals surface area contributed by atoms with Crippen LogP contribution in [-0.2, 0) is 21.1 Å². The Morgan fingerprint density at radius 1 is 1.41 bits per heavy atom. The maximum Gasteiger partial charge on any atom is 0.252 e. The Morgan fingerprint density at radius 3 is 2.74 bits per heavy atom. The summed E-state index contributed by atoms with van der Waals surface area (Å²) < 4.78 is 25.0. The lowest BCUT2D eigenvalue weighted by atomic mass is 10.1. The molecule has 3 rings (SSSR count). The topological polar surface area (TPSA) is 98.1 Å². The third-order valence-corrected chi connectivity index (χ3v) is 6.58. The Balaban J connectivity index is 1.96. The van der Waals surface area contributed by atoms with Crippen LogP contribution < -0.4 is 10.9 Å². The summed E-state index contributed by atoms with van der Waals surface area (Å²) >= 11 is 8.42. The third kappa shape index (κ3) is 4.83. The average molecular weight is 444 g/mol. The van der Waals surface area contributed by atoms with Crippen LogP contribution >= 0.6 is 34.3 Å². The number of nitrogens with one attached hydrogen (secondary N) is 1. The van der Waals surface area contributed by atoms with E-state index in [9.17, 15) is 18.0 Å². The molecule has 1 amide bonds. The standard InChI is InChI=1S/C16H14ClN3O4S3/c1-27(23,24)11-2-4-20(14(21)7-11)12(6-10-3-5-25-9-10)15(22)19-16-18-8-13(17)26-16/h2-5,7-9,12H,6H2,1H3,(H,18,19,22). The highest BCUT2D eigenvalue weighted by atomic mass is 35.5. The van der Waals surface area contributed by atoms with Crippen LogP contribution in [0, 0.1) is 0 Å². The van der Waals surface area contributed by atoms with E-state index < -0.39 is 27.3 Å². The number of pyridine rings is 1. The Bertz CT molecular complexity index is 1120. The van der Waals surface area contributed by atoms with Gasteiger partial charge in [0.2, 0.25) is 5.91 Å². The molecule has 0 saturated carbocycles. The second-order valence-corrected chi connectivity index (χ2v) is 10.1. The summed E-state index contributed by atoms with van der Waals surface area (Å²) in [4.78, 5) is 29.2. The van der Waals surface area contributed by atoms with Crippen molar-refractivity contribution in [2.45, 2.75) is 17.4 Å². The van der Waals surface area contributed by atoms with Gasteiger partial charge in [0.15, 0.2) is 15.0 Å². The van der Waals surface area contributed by atoms with Crippen LogP contribution in [0.1, 0.15) is 11.6 Å². The molecule has 3 heterocycles. The van der Waals surface area contributed by atoms with Gasteiger partial charge in [-0.25, -0.2) is 13.4 Å². The summed E-state index contributed by atoms with van der Waals surface area (Å²) in [7, 11) is -3.52. The Kier molecular flexibility index (Phi) is 5.80. The van der Waals surface area contributed by atoms with Gasteiger partial charge >= 0.3 is 0 Å². The second-order valence-electron chi connectivity index (χ2n) is 5.69. The van der Waals surface area contributed by atoms with Crippen molar-refractivity contribution in [2.75, 3.05) is 11.6 Å². The number of anilines is 1. The average Bonchev–Trinajstić information content (AvgIpc) is 3.23. The van der Waals surface area contributed by atoms with E-state index in [-0.39, 0.29) is 11.3 Å². The number of hydrogen-bond donors (Lipinski definition) is 1. The molecule has 11 heteroatoms. The van der Waals surface area contributed by atoms with E-state index in [1.165, 1.54) is 34.4 Å². The first-order chi connectivity index (χ1) is 12.7. The SMILES string of the molecule is CS(=O)(=O)c1ccn(C(Cc2ccsc2)C(=O)Nc2ncc(Cl)s2)c(=O)c1. The number of nitrogens with zero attached hydrogens (tertiary/aromatic N) is 2. The van der Waals surface area contributed by atoms with Gasteiger partial charge in [-0.15, -0.1) is 0 Å². The molecule has 3 aromatic rings. The Hall–Kier alpha value is -2.01. The molecule has 1 unspecified atom stereocenters. The molecule has 1 N–H and O–H groups in total. The van der Waals surface area contributed by atoms with Crippen molar-refractivity contribution in [3.8, 4) is 0 Å². The number of halogens is 1. The van der Waals surface area contributed by atoms with Gasteiger partial charge in [-0.2, -0.15) is 11.3 Å². The first-order valence-corrected chi connectivity index (χ1v) is 11.6. The van der Waals surface area contributed by atoms with E-state index in [0.29, 0.717) is 9.47 Å². The maximum absolute atomic E-state index is 12.8. The van der Waals surface area contributed by atoms with Gasteiger partial charge in [0, 0.05) is 24.9 Å². The summed E-state index contributed by atoms with van der Waals surface area (Å²) in [6.07, 6.45) is 4.04. The largest absolute Gasteiger partial charge is 0.303 e. The minimum Gasteiger partial charge on any atom is -0.303 e. The maximum atomic E-state index is 12.8. The molecule has 0 aliphatic rings. The molecule has 0 saturated heterocycles. The lowest BCUT2D eigenvalue weighted by Crippen LogP contribution is -2.34. The van der Waals surface area contributed by atoms with Gasteiger partial charge in [0.1, 0.15) is 10.4 Å². The summed E-state index contributed by atoms with van der Waals surface area (Å²) in [5.41, 5.74) is 0.307. The number of carbonyl (C=O) groups excluding carboxylic acids is 1. The molecule has 0 fully saturated rings. The number of thiophene rings is 1. The highest BCUT2D eigenvalue weighted by Gasteiger charge is 2.24. The second kappa shape index (κ2) is 7.93. The number of sulfone groups is 1. The fourth-order valence-electron chi connectivity index (χ4n) is 2.41. The van der Waals surface area contributed by atoms with Crippen molar-refractivity contribution in [3.63, 3.8) is 0 Å². The van der Waals surface area contributed by atoms with Gasteiger partial charge in [-0.1, -0.05) is 22.9 Å². The van der Waals surface area contributed by atoms with Crippen LogP contribution in [0.3, 0.4) is 0 Å². The number of hydrogen-bond acceptors (Lipinski definition) is 7. The molecule has 27 heavy (non-hydrogen) atoms. The molecule has 0 spiro atoms. The van der Waals surface area contributed by atoms with Gasteiger partial charge in [-0.3, -0.25) is 9.59 Å². The predicted octanol–water partition coefficient (Wildman–Crippen LogP) is 2.85. The molecule has 0 radical (unpaired) electrons. The summed E-state index contributed by atoms with van der Waals surface area (Å²) in [5.74, 6) is -0.443. The van der Waals surface area contributed by atoms with Crippen LogP contribution in [-0.4, -0.2) is 30.1 Å². The van der Waals surface area contributed by atoms with E-state index in [1.54, 1.807) is 0 Å². The molecule has 1 atom stereocenters. The minimum atomic E-state index is -3.52. The molecule has 0 aliphatic carbocycles. The fraction of sp³-hybridized carbons (Fsp3) is 0.188. The van der Waals surface area contributed by atoms with E-state index in [4.69, 9.17) is 11.6 Å². The molecule has 142 valence electrons. The van der Waals surface area contributed by atoms with Crippen molar-refractivity contribution in [3.05, 3.63) is 61.6 Å². The van der Waals surface area contributed by atoms with Gasteiger partial charge in [-0.05, 0) is 28.5 Å². The van der Waals surface area contributed by atoms with Gasteiger partial charge in [0.05, 0.1) is 11.1 Å². The normalized spacial score (nSPS) is 12.7. The number of carbonyl (C=O) groups is 1. The van der Waals surface area contributed by atoms with Gasteiger partial charge in [0.25, 0.3) is 5.56 Å². The predicted molar refractivity (Wildman–Crippen MR) is 107 cm³/mol. The monoisotopic (exact) mass is 443 g/mol. The lowest BCUT2D eigenvalue weighted by molar-refractivity contribution is -0.119. The Morgan fingerprint density at radius 2 is 2.19 bits per heavy atom. The van der Waals surface area contributed by atoms with E-state index in [2.05, 4.69) is 10.3 Å². The van der Waals surface area contributed by atoms with E-state index in [1.807, 2.05) is 16.8 Å². The minimum absolute atomic E-state index is 0.0925.